The third-order valence-electron chi connectivity index (χ3n) is 2.27. The second-order valence-corrected chi connectivity index (χ2v) is 3.79. The number of benzene rings is 1. The predicted molar refractivity (Wildman–Crippen MR) is 71.2 cm³/mol. The Morgan fingerprint density at radius 1 is 1.35 bits per heavy atom. The highest BCUT2D eigenvalue weighted by atomic mass is 16.1. The second kappa shape index (κ2) is 7.46. The molecular weight excluding hydrogens is 214 g/mol. The molecular formula is C13H19N3O. The van der Waals surface area contributed by atoms with Crippen molar-refractivity contribution in [3.8, 4) is 0 Å². The average molecular weight is 233 g/mol. The molecule has 0 saturated carbocycles. The first-order chi connectivity index (χ1) is 8.22. The van der Waals surface area contributed by atoms with Crippen molar-refractivity contribution in [2.45, 2.75) is 12.8 Å². The highest BCUT2D eigenvalue weighted by Gasteiger charge is 1.94. The normalized spacial score (nSPS) is 10.6. The van der Waals surface area contributed by atoms with Crippen molar-refractivity contribution in [3.05, 3.63) is 35.9 Å². The van der Waals surface area contributed by atoms with Gasteiger partial charge in [-0.1, -0.05) is 12.1 Å². The van der Waals surface area contributed by atoms with Crippen LogP contribution in [-0.2, 0) is 4.79 Å². The van der Waals surface area contributed by atoms with Gasteiger partial charge in [0, 0.05) is 18.3 Å². The van der Waals surface area contributed by atoms with E-state index in [0.29, 0.717) is 18.8 Å². The van der Waals surface area contributed by atoms with Gasteiger partial charge in [-0.3, -0.25) is 4.79 Å². The highest BCUT2D eigenvalue weighted by molar-refractivity contribution is 5.91. The molecule has 0 aliphatic rings. The zero-order valence-electron chi connectivity index (χ0n) is 9.86. The van der Waals surface area contributed by atoms with E-state index in [9.17, 15) is 4.79 Å². The van der Waals surface area contributed by atoms with Crippen LogP contribution in [0.4, 0.5) is 5.69 Å². The van der Waals surface area contributed by atoms with Gasteiger partial charge in [0.2, 0.25) is 5.91 Å². The summed E-state index contributed by atoms with van der Waals surface area (Å²) in [5, 5.41) is 2.79. The molecule has 0 unspecified atom stereocenters. The van der Waals surface area contributed by atoms with Gasteiger partial charge in [0.15, 0.2) is 0 Å². The van der Waals surface area contributed by atoms with Crippen LogP contribution in [0.15, 0.2) is 30.3 Å². The number of hydrogen-bond acceptors (Lipinski definition) is 3. The summed E-state index contributed by atoms with van der Waals surface area (Å²) in [6.45, 7) is 1.33. The summed E-state index contributed by atoms with van der Waals surface area (Å²) in [7, 11) is 0. The molecule has 0 saturated heterocycles. The molecule has 0 bridgehead atoms. The summed E-state index contributed by atoms with van der Waals surface area (Å²) in [5.74, 6) is -0.0931. The van der Waals surface area contributed by atoms with Crippen LogP contribution in [0.1, 0.15) is 18.4 Å². The SMILES string of the molecule is NCCCCNC(=O)/C=C/c1cccc(N)c1. The minimum atomic E-state index is -0.0931. The molecule has 0 aliphatic heterocycles. The molecule has 17 heavy (non-hydrogen) atoms. The molecule has 4 heteroatoms. The molecule has 0 heterocycles. The molecule has 0 aromatic heterocycles. The van der Waals surface area contributed by atoms with Crippen molar-refractivity contribution in [2.24, 2.45) is 5.73 Å². The maximum absolute atomic E-state index is 11.4. The van der Waals surface area contributed by atoms with Crippen LogP contribution in [0.25, 0.3) is 6.08 Å². The highest BCUT2D eigenvalue weighted by Crippen LogP contribution is 2.07. The van der Waals surface area contributed by atoms with Crippen molar-refractivity contribution in [1.82, 2.24) is 5.32 Å². The first-order valence-corrected chi connectivity index (χ1v) is 5.74. The van der Waals surface area contributed by atoms with Crippen LogP contribution in [0.3, 0.4) is 0 Å². The summed E-state index contributed by atoms with van der Waals surface area (Å²) in [5.41, 5.74) is 12.6. The second-order valence-electron chi connectivity index (χ2n) is 3.79. The van der Waals surface area contributed by atoms with E-state index in [-0.39, 0.29) is 5.91 Å². The Labute approximate surface area is 102 Å². The summed E-state index contributed by atoms with van der Waals surface area (Å²) < 4.78 is 0. The summed E-state index contributed by atoms with van der Waals surface area (Å²) in [6.07, 6.45) is 5.10. The van der Waals surface area contributed by atoms with Crippen LogP contribution in [0, 0.1) is 0 Å². The van der Waals surface area contributed by atoms with Gasteiger partial charge >= 0.3 is 0 Å². The number of nitrogens with two attached hydrogens (primary N) is 2. The van der Waals surface area contributed by atoms with Crippen LogP contribution in [0.5, 0.6) is 0 Å². The lowest BCUT2D eigenvalue weighted by atomic mass is 10.2. The van der Waals surface area contributed by atoms with E-state index < -0.39 is 0 Å². The molecule has 1 amide bonds. The lowest BCUT2D eigenvalue weighted by Crippen LogP contribution is -2.22. The van der Waals surface area contributed by atoms with Crippen LogP contribution in [0.2, 0.25) is 0 Å². The first kappa shape index (κ1) is 13.3. The molecule has 0 fully saturated rings. The van der Waals surface area contributed by atoms with Crippen molar-refractivity contribution in [3.63, 3.8) is 0 Å². The van der Waals surface area contributed by atoms with Crippen LogP contribution >= 0.6 is 0 Å². The number of anilines is 1. The van der Waals surface area contributed by atoms with E-state index in [1.54, 1.807) is 6.08 Å². The number of rotatable bonds is 6. The molecule has 0 aliphatic carbocycles. The van der Waals surface area contributed by atoms with Crippen molar-refractivity contribution in [2.75, 3.05) is 18.8 Å². The number of nitrogens with one attached hydrogen (secondary N) is 1. The average Bonchev–Trinajstić information content (AvgIpc) is 2.32. The first-order valence-electron chi connectivity index (χ1n) is 5.74. The minimum Gasteiger partial charge on any atom is -0.399 e. The lowest BCUT2D eigenvalue weighted by molar-refractivity contribution is -0.116. The zero-order valence-corrected chi connectivity index (χ0v) is 9.86. The molecule has 5 N–H and O–H groups in total. The van der Waals surface area contributed by atoms with E-state index in [1.165, 1.54) is 6.08 Å². The fraction of sp³-hybridized carbons (Fsp3) is 0.308. The molecule has 0 atom stereocenters. The largest absolute Gasteiger partial charge is 0.399 e. The number of carbonyl (C=O) groups excluding carboxylic acids is 1. The van der Waals surface area contributed by atoms with Crippen molar-refractivity contribution < 1.29 is 4.79 Å². The summed E-state index contributed by atoms with van der Waals surface area (Å²) >= 11 is 0. The fourth-order valence-corrected chi connectivity index (χ4v) is 1.37. The Morgan fingerprint density at radius 2 is 2.18 bits per heavy atom. The molecule has 92 valence electrons. The Hall–Kier alpha value is -1.81. The topological polar surface area (TPSA) is 81.1 Å². The fourth-order valence-electron chi connectivity index (χ4n) is 1.37. The quantitative estimate of drug-likeness (QED) is 0.391. The summed E-state index contributed by atoms with van der Waals surface area (Å²) in [6, 6.07) is 7.38. The third kappa shape index (κ3) is 5.73. The third-order valence-corrected chi connectivity index (χ3v) is 2.27. The van der Waals surface area contributed by atoms with Crippen LogP contribution < -0.4 is 16.8 Å². The number of carbonyl (C=O) groups is 1. The van der Waals surface area contributed by atoms with Gasteiger partial charge in [0.25, 0.3) is 0 Å². The van der Waals surface area contributed by atoms with E-state index in [4.69, 9.17) is 11.5 Å². The molecule has 0 radical (unpaired) electrons. The van der Waals surface area contributed by atoms with Gasteiger partial charge in [-0.05, 0) is 43.2 Å². The van der Waals surface area contributed by atoms with E-state index in [1.807, 2.05) is 24.3 Å². The van der Waals surface area contributed by atoms with E-state index >= 15 is 0 Å². The maximum Gasteiger partial charge on any atom is 0.243 e. The Kier molecular flexibility index (Phi) is 5.82. The van der Waals surface area contributed by atoms with Gasteiger partial charge < -0.3 is 16.8 Å². The van der Waals surface area contributed by atoms with E-state index in [2.05, 4.69) is 5.32 Å². The Bertz CT molecular complexity index is 388. The number of hydrogen-bond donors (Lipinski definition) is 3. The van der Waals surface area contributed by atoms with Gasteiger partial charge in [-0.25, -0.2) is 0 Å². The van der Waals surface area contributed by atoms with Gasteiger partial charge in [-0.15, -0.1) is 0 Å². The lowest BCUT2D eigenvalue weighted by Gasteiger charge is -2.00. The minimum absolute atomic E-state index is 0.0931. The number of unbranched alkanes of at least 4 members (excludes halogenated alkanes) is 1. The zero-order chi connectivity index (χ0) is 12.5. The Balaban J connectivity index is 2.35. The molecule has 1 aromatic carbocycles. The predicted octanol–water partition coefficient (Wildman–Crippen LogP) is 1.14. The molecule has 1 rings (SSSR count). The maximum atomic E-state index is 11.4. The van der Waals surface area contributed by atoms with Crippen molar-refractivity contribution in [1.29, 1.82) is 0 Å². The van der Waals surface area contributed by atoms with Crippen molar-refractivity contribution >= 4 is 17.7 Å². The number of amides is 1. The van der Waals surface area contributed by atoms with Gasteiger partial charge in [-0.2, -0.15) is 0 Å². The molecule has 1 aromatic rings. The number of nitrogen functional groups attached to an aromatic ring is 1. The monoisotopic (exact) mass is 233 g/mol. The Morgan fingerprint density at radius 3 is 2.88 bits per heavy atom. The molecule has 4 nitrogen and oxygen atoms in total. The van der Waals surface area contributed by atoms with Gasteiger partial charge in [0.05, 0.1) is 0 Å². The van der Waals surface area contributed by atoms with Crippen LogP contribution in [-0.4, -0.2) is 19.0 Å². The molecule has 0 spiro atoms. The summed E-state index contributed by atoms with van der Waals surface area (Å²) in [4.78, 5) is 11.4. The van der Waals surface area contributed by atoms with E-state index in [0.717, 1.165) is 18.4 Å². The standard InChI is InChI=1S/C13H19N3O/c14-8-1-2-9-16-13(17)7-6-11-4-3-5-12(15)10-11/h3-7,10H,1-2,8-9,14-15H2,(H,16,17)/b7-6+. The smallest absolute Gasteiger partial charge is 0.243 e. The van der Waals surface area contributed by atoms with Gasteiger partial charge in [0.1, 0.15) is 0 Å².